The zero-order chi connectivity index (χ0) is 14.1. The molecule has 1 aromatic rings. The fourth-order valence-corrected chi connectivity index (χ4v) is 3.24. The van der Waals surface area contributed by atoms with Gasteiger partial charge in [-0.3, -0.25) is 0 Å². The maximum Gasteiger partial charge on any atom is 0.242 e. The van der Waals surface area contributed by atoms with Crippen LogP contribution in [0.15, 0.2) is 17.2 Å². The van der Waals surface area contributed by atoms with E-state index in [-0.39, 0.29) is 22.3 Å². The van der Waals surface area contributed by atoms with E-state index < -0.39 is 15.6 Å². The van der Waals surface area contributed by atoms with Crippen molar-refractivity contribution in [2.24, 2.45) is 0 Å². The maximum atomic E-state index is 12.1. The highest BCUT2D eigenvalue weighted by atomic mass is 35.5. The lowest BCUT2D eigenvalue weighted by molar-refractivity contribution is 0.0250. The van der Waals surface area contributed by atoms with Crippen LogP contribution in [0, 0.1) is 0 Å². The van der Waals surface area contributed by atoms with E-state index in [1.54, 1.807) is 0 Å². The number of anilines is 1. The maximum absolute atomic E-state index is 12.1. The number of ether oxygens (including phenoxy) is 1. The van der Waals surface area contributed by atoms with Gasteiger partial charge in [-0.25, -0.2) is 18.1 Å². The van der Waals surface area contributed by atoms with Crippen LogP contribution in [0.25, 0.3) is 0 Å². The van der Waals surface area contributed by atoms with E-state index in [0.29, 0.717) is 6.61 Å². The third-order valence-electron chi connectivity index (χ3n) is 3.09. The van der Waals surface area contributed by atoms with Crippen molar-refractivity contribution in [3.05, 3.63) is 17.3 Å². The van der Waals surface area contributed by atoms with Crippen LogP contribution in [0.2, 0.25) is 5.02 Å². The van der Waals surface area contributed by atoms with Crippen molar-refractivity contribution < 1.29 is 13.2 Å². The molecule has 1 saturated heterocycles. The number of hydrogen-bond acceptors (Lipinski definition) is 5. The van der Waals surface area contributed by atoms with Gasteiger partial charge in [-0.05, 0) is 25.8 Å². The van der Waals surface area contributed by atoms with E-state index in [0.717, 1.165) is 12.8 Å². The fourth-order valence-electron chi connectivity index (χ4n) is 1.89. The van der Waals surface area contributed by atoms with Gasteiger partial charge in [-0.1, -0.05) is 11.6 Å². The van der Waals surface area contributed by atoms with Crippen LogP contribution in [0.5, 0.6) is 0 Å². The van der Waals surface area contributed by atoms with Crippen molar-refractivity contribution in [3.8, 4) is 0 Å². The number of pyridine rings is 1. The summed E-state index contributed by atoms with van der Waals surface area (Å²) in [5.74, 6) is 0.103. The van der Waals surface area contributed by atoms with Crippen LogP contribution in [0.4, 0.5) is 5.82 Å². The standard InChI is InChI=1S/C11H16ClN3O3S/c1-11(3-2-4-18-11)7-15-19(16,17)8-5-9(12)10(13)14-6-8/h5-6,15H,2-4,7H2,1H3,(H2,13,14). The summed E-state index contributed by atoms with van der Waals surface area (Å²) in [4.78, 5) is 3.73. The molecular formula is C11H16ClN3O3S. The lowest BCUT2D eigenvalue weighted by atomic mass is 10.0. The zero-order valence-electron chi connectivity index (χ0n) is 10.5. The first kappa shape index (κ1) is 14.5. The molecule has 2 rings (SSSR count). The molecule has 1 aromatic heterocycles. The Labute approximate surface area is 117 Å². The molecule has 1 aliphatic heterocycles. The predicted molar refractivity (Wildman–Crippen MR) is 72.4 cm³/mol. The van der Waals surface area contributed by atoms with Crippen molar-refractivity contribution in [2.75, 3.05) is 18.9 Å². The van der Waals surface area contributed by atoms with Crippen LogP contribution >= 0.6 is 11.6 Å². The van der Waals surface area contributed by atoms with Gasteiger partial charge < -0.3 is 10.5 Å². The van der Waals surface area contributed by atoms with E-state index in [4.69, 9.17) is 22.1 Å². The monoisotopic (exact) mass is 305 g/mol. The Balaban J connectivity index is 2.11. The number of nitrogens with one attached hydrogen (secondary N) is 1. The second-order valence-electron chi connectivity index (χ2n) is 4.76. The lowest BCUT2D eigenvalue weighted by Crippen LogP contribution is -2.40. The molecule has 19 heavy (non-hydrogen) atoms. The molecule has 1 atom stereocenters. The molecule has 106 valence electrons. The van der Waals surface area contributed by atoms with E-state index in [2.05, 4.69) is 9.71 Å². The topological polar surface area (TPSA) is 94.3 Å². The van der Waals surface area contributed by atoms with Crippen LogP contribution in [-0.2, 0) is 14.8 Å². The summed E-state index contributed by atoms with van der Waals surface area (Å²) >= 11 is 5.77. The second kappa shape index (κ2) is 5.24. The number of aromatic nitrogens is 1. The Morgan fingerprint density at radius 2 is 2.37 bits per heavy atom. The first-order chi connectivity index (χ1) is 8.82. The first-order valence-electron chi connectivity index (χ1n) is 5.87. The first-order valence-corrected chi connectivity index (χ1v) is 7.73. The zero-order valence-corrected chi connectivity index (χ0v) is 12.1. The number of sulfonamides is 1. The largest absolute Gasteiger partial charge is 0.382 e. The summed E-state index contributed by atoms with van der Waals surface area (Å²) in [6.07, 6.45) is 2.95. The molecule has 6 nitrogen and oxygen atoms in total. The summed E-state index contributed by atoms with van der Waals surface area (Å²) < 4.78 is 32.2. The Kier molecular flexibility index (Phi) is 4.00. The van der Waals surface area contributed by atoms with Gasteiger partial charge in [0.25, 0.3) is 0 Å². The Hall–Kier alpha value is -0.890. The SMILES string of the molecule is CC1(CNS(=O)(=O)c2cnc(N)c(Cl)c2)CCCO1. The average Bonchev–Trinajstić information content (AvgIpc) is 2.78. The van der Waals surface area contributed by atoms with Crippen molar-refractivity contribution in [1.29, 1.82) is 0 Å². The van der Waals surface area contributed by atoms with Crippen molar-refractivity contribution in [1.82, 2.24) is 9.71 Å². The number of hydrogen-bond donors (Lipinski definition) is 2. The molecule has 1 fully saturated rings. The minimum atomic E-state index is -3.66. The van der Waals surface area contributed by atoms with Gasteiger partial charge in [0, 0.05) is 19.3 Å². The molecule has 0 spiro atoms. The molecule has 1 aliphatic rings. The van der Waals surface area contributed by atoms with Gasteiger partial charge in [0.1, 0.15) is 10.7 Å². The highest BCUT2D eigenvalue weighted by molar-refractivity contribution is 7.89. The van der Waals surface area contributed by atoms with Gasteiger partial charge >= 0.3 is 0 Å². The predicted octanol–water partition coefficient (Wildman–Crippen LogP) is 1.16. The third kappa shape index (κ3) is 3.36. The van der Waals surface area contributed by atoms with Crippen molar-refractivity contribution >= 4 is 27.4 Å². The van der Waals surface area contributed by atoms with E-state index in [9.17, 15) is 8.42 Å². The van der Waals surface area contributed by atoms with Gasteiger partial charge in [0.05, 0.1) is 10.6 Å². The van der Waals surface area contributed by atoms with Gasteiger partial charge in [-0.15, -0.1) is 0 Å². The van der Waals surface area contributed by atoms with E-state index in [1.807, 2.05) is 6.92 Å². The minimum Gasteiger partial charge on any atom is -0.382 e. The summed E-state index contributed by atoms with van der Waals surface area (Å²) in [6.45, 7) is 2.77. The van der Waals surface area contributed by atoms with Crippen LogP contribution < -0.4 is 10.5 Å². The van der Waals surface area contributed by atoms with E-state index >= 15 is 0 Å². The average molecular weight is 306 g/mol. The summed E-state index contributed by atoms with van der Waals surface area (Å²) in [6, 6.07) is 1.28. The normalized spacial score (nSPS) is 23.7. The highest BCUT2D eigenvalue weighted by Gasteiger charge is 2.31. The smallest absolute Gasteiger partial charge is 0.242 e. The van der Waals surface area contributed by atoms with Crippen LogP contribution in [-0.4, -0.2) is 32.2 Å². The minimum absolute atomic E-state index is 0.00621. The molecule has 0 amide bonds. The fraction of sp³-hybridized carbons (Fsp3) is 0.545. The molecule has 0 saturated carbocycles. The number of rotatable bonds is 4. The third-order valence-corrected chi connectivity index (χ3v) is 4.76. The van der Waals surface area contributed by atoms with Crippen molar-refractivity contribution in [3.63, 3.8) is 0 Å². The Morgan fingerprint density at radius 3 is 2.95 bits per heavy atom. The van der Waals surface area contributed by atoms with Gasteiger partial charge in [0.2, 0.25) is 10.0 Å². The summed E-state index contributed by atoms with van der Waals surface area (Å²) in [5, 5.41) is 0.117. The molecule has 3 N–H and O–H groups in total. The molecule has 2 heterocycles. The summed E-state index contributed by atoms with van der Waals surface area (Å²) in [7, 11) is -3.66. The van der Waals surface area contributed by atoms with Crippen molar-refractivity contribution in [2.45, 2.75) is 30.3 Å². The molecule has 1 unspecified atom stereocenters. The molecule has 0 aromatic carbocycles. The summed E-state index contributed by atoms with van der Waals surface area (Å²) in [5.41, 5.74) is 5.00. The molecule has 8 heteroatoms. The highest BCUT2D eigenvalue weighted by Crippen LogP contribution is 2.25. The molecule has 0 bridgehead atoms. The quantitative estimate of drug-likeness (QED) is 0.870. The molecule has 0 radical (unpaired) electrons. The molecular weight excluding hydrogens is 290 g/mol. The van der Waals surface area contributed by atoms with Crippen LogP contribution in [0.3, 0.4) is 0 Å². The number of nitrogens with two attached hydrogens (primary N) is 1. The number of nitrogens with zero attached hydrogens (tertiary/aromatic N) is 1. The Morgan fingerprint density at radius 1 is 1.63 bits per heavy atom. The molecule has 0 aliphatic carbocycles. The Bertz CT molecular complexity index is 571. The van der Waals surface area contributed by atoms with Gasteiger partial charge in [0.15, 0.2) is 0 Å². The van der Waals surface area contributed by atoms with Gasteiger partial charge in [-0.2, -0.15) is 0 Å². The number of halogens is 1. The van der Waals surface area contributed by atoms with Crippen LogP contribution in [0.1, 0.15) is 19.8 Å². The van der Waals surface area contributed by atoms with E-state index in [1.165, 1.54) is 12.3 Å². The number of nitrogen functional groups attached to an aromatic ring is 1. The second-order valence-corrected chi connectivity index (χ2v) is 6.94. The lowest BCUT2D eigenvalue weighted by Gasteiger charge is -2.23.